The van der Waals surface area contributed by atoms with Gasteiger partial charge in [-0.25, -0.2) is 5.01 Å². The summed E-state index contributed by atoms with van der Waals surface area (Å²) in [5.74, 6) is -0.877. The number of rotatable bonds is 1. The van der Waals surface area contributed by atoms with Crippen LogP contribution in [0.5, 0.6) is 0 Å². The van der Waals surface area contributed by atoms with Gasteiger partial charge in [0.2, 0.25) is 0 Å². The maximum atomic E-state index is 10.9. The quantitative estimate of drug-likeness (QED) is 0.369. The fourth-order valence-corrected chi connectivity index (χ4v) is 0.885. The van der Waals surface area contributed by atoms with E-state index in [1.807, 2.05) is 0 Å². The smallest absolute Gasteiger partial charge is 0.258 e. The standard InChI is InChI=1S/C6H8N2O2/c1-4-5(3-9)6(10)8(2)7-4/h3,5H,1-2H3. The maximum absolute atomic E-state index is 10.9. The van der Waals surface area contributed by atoms with Crippen molar-refractivity contribution in [2.45, 2.75) is 6.92 Å². The molecule has 0 aromatic rings. The van der Waals surface area contributed by atoms with Crippen molar-refractivity contribution in [3.63, 3.8) is 0 Å². The predicted molar refractivity (Wildman–Crippen MR) is 35.4 cm³/mol. The van der Waals surface area contributed by atoms with Gasteiger partial charge in [0.25, 0.3) is 5.91 Å². The van der Waals surface area contributed by atoms with Crippen LogP contribution in [0.25, 0.3) is 0 Å². The molecule has 1 heterocycles. The molecule has 4 nitrogen and oxygen atoms in total. The summed E-state index contributed by atoms with van der Waals surface area (Å²) in [6.07, 6.45) is 0.616. The van der Waals surface area contributed by atoms with Crippen molar-refractivity contribution in [2.75, 3.05) is 7.05 Å². The molecule has 1 aliphatic heterocycles. The summed E-state index contributed by atoms with van der Waals surface area (Å²) in [5, 5.41) is 4.98. The second-order valence-electron chi connectivity index (χ2n) is 2.22. The number of aldehydes is 1. The largest absolute Gasteiger partial charge is 0.302 e. The number of carbonyl (C=O) groups excluding carboxylic acids is 2. The Hall–Kier alpha value is -1.19. The Morgan fingerprint density at radius 1 is 1.70 bits per heavy atom. The summed E-state index contributed by atoms with van der Waals surface area (Å²) in [5.41, 5.74) is 0.572. The summed E-state index contributed by atoms with van der Waals surface area (Å²) in [4.78, 5) is 21.2. The highest BCUT2D eigenvalue weighted by molar-refractivity contribution is 6.16. The Morgan fingerprint density at radius 3 is 2.50 bits per heavy atom. The summed E-state index contributed by atoms with van der Waals surface area (Å²) >= 11 is 0. The van der Waals surface area contributed by atoms with Crippen LogP contribution in [-0.4, -0.2) is 30.0 Å². The molecule has 0 aromatic carbocycles. The number of carbonyl (C=O) groups is 2. The Kier molecular flexibility index (Phi) is 1.53. The van der Waals surface area contributed by atoms with E-state index in [0.29, 0.717) is 12.0 Å². The first-order valence-electron chi connectivity index (χ1n) is 2.94. The second-order valence-corrected chi connectivity index (χ2v) is 2.22. The minimum atomic E-state index is -0.634. The number of hydrogen-bond donors (Lipinski definition) is 0. The van der Waals surface area contributed by atoms with Crippen molar-refractivity contribution in [1.82, 2.24) is 5.01 Å². The van der Waals surface area contributed by atoms with Gasteiger partial charge in [-0.2, -0.15) is 5.10 Å². The first kappa shape index (κ1) is 6.92. The highest BCUT2D eigenvalue weighted by Crippen LogP contribution is 2.10. The van der Waals surface area contributed by atoms with E-state index < -0.39 is 5.92 Å². The van der Waals surface area contributed by atoms with Crippen LogP contribution in [0.2, 0.25) is 0 Å². The molecule has 0 bridgehead atoms. The van der Waals surface area contributed by atoms with Gasteiger partial charge in [0.05, 0.1) is 5.71 Å². The molecular weight excluding hydrogens is 132 g/mol. The van der Waals surface area contributed by atoms with E-state index in [2.05, 4.69) is 5.10 Å². The molecule has 0 aliphatic carbocycles. The lowest BCUT2D eigenvalue weighted by Gasteiger charge is -2.01. The van der Waals surface area contributed by atoms with Crippen molar-refractivity contribution in [1.29, 1.82) is 0 Å². The van der Waals surface area contributed by atoms with Gasteiger partial charge in [0.15, 0.2) is 0 Å². The second kappa shape index (κ2) is 2.21. The van der Waals surface area contributed by atoms with Crippen molar-refractivity contribution in [3.8, 4) is 0 Å². The Morgan fingerprint density at radius 2 is 2.30 bits per heavy atom. The molecule has 0 fully saturated rings. The number of hydrazone groups is 1. The average molecular weight is 140 g/mol. The van der Waals surface area contributed by atoms with Crippen molar-refractivity contribution in [2.24, 2.45) is 11.0 Å². The third-order valence-corrected chi connectivity index (χ3v) is 1.48. The van der Waals surface area contributed by atoms with E-state index in [0.717, 1.165) is 0 Å². The maximum Gasteiger partial charge on any atom is 0.258 e. The van der Waals surface area contributed by atoms with Gasteiger partial charge in [-0.05, 0) is 6.92 Å². The van der Waals surface area contributed by atoms with Crippen LogP contribution in [-0.2, 0) is 9.59 Å². The molecule has 0 saturated carbocycles. The summed E-state index contributed by atoms with van der Waals surface area (Å²) in [6, 6.07) is 0. The van der Waals surface area contributed by atoms with Crippen molar-refractivity contribution < 1.29 is 9.59 Å². The van der Waals surface area contributed by atoms with Gasteiger partial charge in [-0.3, -0.25) is 4.79 Å². The topological polar surface area (TPSA) is 49.7 Å². The van der Waals surface area contributed by atoms with Crippen LogP contribution in [0.1, 0.15) is 6.92 Å². The first-order chi connectivity index (χ1) is 4.66. The van der Waals surface area contributed by atoms with E-state index in [9.17, 15) is 9.59 Å². The van der Waals surface area contributed by atoms with Gasteiger partial charge in [0, 0.05) is 7.05 Å². The van der Waals surface area contributed by atoms with Gasteiger partial charge >= 0.3 is 0 Å². The molecule has 1 aliphatic rings. The van der Waals surface area contributed by atoms with Gasteiger partial charge in [-0.15, -0.1) is 0 Å². The van der Waals surface area contributed by atoms with E-state index in [1.54, 1.807) is 6.92 Å². The zero-order chi connectivity index (χ0) is 7.72. The molecule has 1 rings (SSSR count). The molecule has 0 saturated heterocycles. The molecule has 1 atom stereocenters. The zero-order valence-electron chi connectivity index (χ0n) is 5.87. The summed E-state index contributed by atoms with van der Waals surface area (Å²) in [7, 11) is 1.54. The Balaban J connectivity index is 2.87. The minimum absolute atomic E-state index is 0.243. The van der Waals surface area contributed by atoms with Crippen LogP contribution in [0.3, 0.4) is 0 Å². The highest BCUT2D eigenvalue weighted by atomic mass is 16.2. The van der Waals surface area contributed by atoms with Gasteiger partial charge < -0.3 is 4.79 Å². The summed E-state index contributed by atoms with van der Waals surface area (Å²) < 4.78 is 0. The van der Waals surface area contributed by atoms with Crippen LogP contribution in [0.15, 0.2) is 5.10 Å². The molecule has 0 aromatic heterocycles. The van der Waals surface area contributed by atoms with Gasteiger partial charge in [-0.1, -0.05) is 0 Å². The monoisotopic (exact) mass is 140 g/mol. The predicted octanol–water partition coefficient (Wildman–Crippen LogP) is -0.351. The lowest BCUT2D eigenvalue weighted by Crippen LogP contribution is -2.24. The zero-order valence-corrected chi connectivity index (χ0v) is 5.87. The SMILES string of the molecule is CC1=NN(C)C(=O)C1C=O. The molecule has 0 radical (unpaired) electrons. The number of hydrogen-bond acceptors (Lipinski definition) is 3. The van der Waals surface area contributed by atoms with E-state index >= 15 is 0 Å². The third-order valence-electron chi connectivity index (χ3n) is 1.48. The van der Waals surface area contributed by atoms with Crippen LogP contribution >= 0.6 is 0 Å². The van der Waals surface area contributed by atoms with Crippen molar-refractivity contribution in [3.05, 3.63) is 0 Å². The molecule has 10 heavy (non-hydrogen) atoms. The lowest BCUT2D eigenvalue weighted by molar-refractivity contribution is -0.132. The molecule has 4 heteroatoms. The average Bonchev–Trinajstić information content (AvgIpc) is 2.09. The highest BCUT2D eigenvalue weighted by Gasteiger charge is 2.30. The molecule has 1 amide bonds. The minimum Gasteiger partial charge on any atom is -0.302 e. The summed E-state index contributed by atoms with van der Waals surface area (Å²) in [6.45, 7) is 1.67. The van der Waals surface area contributed by atoms with E-state index in [1.165, 1.54) is 12.1 Å². The normalized spacial score (nSPS) is 25.0. The van der Waals surface area contributed by atoms with Gasteiger partial charge in [0.1, 0.15) is 12.2 Å². The fourth-order valence-electron chi connectivity index (χ4n) is 0.885. The van der Waals surface area contributed by atoms with Crippen molar-refractivity contribution >= 4 is 17.9 Å². The molecule has 1 unspecified atom stereocenters. The Labute approximate surface area is 58.5 Å². The molecule has 0 spiro atoms. The number of nitrogens with zero attached hydrogens (tertiary/aromatic N) is 2. The van der Waals surface area contributed by atoms with Crippen LogP contribution in [0, 0.1) is 5.92 Å². The van der Waals surface area contributed by atoms with Crippen LogP contribution in [0.4, 0.5) is 0 Å². The number of amides is 1. The fraction of sp³-hybridized carbons (Fsp3) is 0.500. The lowest BCUT2D eigenvalue weighted by atomic mass is 10.1. The molecular formula is C6H8N2O2. The Bertz CT molecular complexity index is 210. The van der Waals surface area contributed by atoms with Crippen LogP contribution < -0.4 is 0 Å². The first-order valence-corrected chi connectivity index (χ1v) is 2.94. The molecule has 0 N–H and O–H groups in total. The molecule has 54 valence electrons. The van der Waals surface area contributed by atoms with E-state index in [4.69, 9.17) is 0 Å². The third kappa shape index (κ3) is 0.814. The van der Waals surface area contributed by atoms with E-state index in [-0.39, 0.29) is 5.91 Å².